The van der Waals surface area contributed by atoms with Crippen LogP contribution in [-0.2, 0) is 0 Å². The molecule has 0 bridgehead atoms. The summed E-state index contributed by atoms with van der Waals surface area (Å²) in [5.41, 5.74) is 9.94. The van der Waals surface area contributed by atoms with Crippen LogP contribution in [0.25, 0.3) is 0 Å². The van der Waals surface area contributed by atoms with E-state index in [0.717, 1.165) is 16.0 Å². The molecule has 144 valence electrons. The van der Waals surface area contributed by atoms with Gasteiger partial charge in [0, 0.05) is 42.3 Å². The highest BCUT2D eigenvalue weighted by Gasteiger charge is 2.33. The molecular formula is C19H20N6OS2. The van der Waals surface area contributed by atoms with Crippen molar-refractivity contribution in [3.05, 3.63) is 81.1 Å². The molecule has 0 fully saturated rings. The zero-order valence-electron chi connectivity index (χ0n) is 15.1. The Labute approximate surface area is 171 Å². The molecular weight excluding hydrogens is 392 g/mol. The molecule has 5 rings (SSSR count). The minimum atomic E-state index is -0.0551. The second-order valence-corrected chi connectivity index (χ2v) is 8.75. The summed E-state index contributed by atoms with van der Waals surface area (Å²) in [6, 6.07) is 3.88. The van der Waals surface area contributed by atoms with Gasteiger partial charge in [-0.3, -0.25) is 4.79 Å². The molecule has 5 N–H and O–H groups in total. The van der Waals surface area contributed by atoms with E-state index in [1.807, 2.05) is 24.5 Å². The van der Waals surface area contributed by atoms with Gasteiger partial charge in [-0.1, -0.05) is 6.08 Å². The van der Waals surface area contributed by atoms with Gasteiger partial charge < -0.3 is 26.3 Å². The predicted molar refractivity (Wildman–Crippen MR) is 113 cm³/mol. The summed E-state index contributed by atoms with van der Waals surface area (Å²) in [7, 11) is 1.65. The third-order valence-electron chi connectivity index (χ3n) is 5.00. The molecule has 1 aromatic rings. The molecule has 0 aromatic carbocycles. The van der Waals surface area contributed by atoms with Gasteiger partial charge in [-0.05, 0) is 29.2 Å². The van der Waals surface area contributed by atoms with E-state index in [-0.39, 0.29) is 23.5 Å². The maximum Gasteiger partial charge on any atom is 0.261 e. The van der Waals surface area contributed by atoms with Gasteiger partial charge in [-0.2, -0.15) is 0 Å². The van der Waals surface area contributed by atoms with E-state index in [1.165, 1.54) is 17.0 Å². The molecule has 3 unspecified atom stereocenters. The Balaban J connectivity index is 1.40. The van der Waals surface area contributed by atoms with Crippen LogP contribution in [0.5, 0.6) is 0 Å². The number of amides is 1. The van der Waals surface area contributed by atoms with E-state index < -0.39 is 0 Å². The second-order valence-electron chi connectivity index (χ2n) is 6.62. The standard InChI is InChI=1S/C19H20N6OS2/c1-20-18(26)15-4-3-14(28-15)17-12(8-23-24-17)11-2-5-16-22-9-13(25(16)10-11)19-21-6-7-27-19/h2-10,16-17,19,21-24H,1H3,(H,20,26). The number of hydrazine groups is 1. The molecule has 28 heavy (non-hydrogen) atoms. The quantitative estimate of drug-likeness (QED) is 0.516. The molecule has 4 aliphatic heterocycles. The fourth-order valence-corrected chi connectivity index (χ4v) is 5.41. The summed E-state index contributed by atoms with van der Waals surface area (Å²) >= 11 is 3.27. The fraction of sp³-hybridized carbons (Fsp3) is 0.211. The number of rotatable bonds is 4. The van der Waals surface area contributed by atoms with Gasteiger partial charge >= 0.3 is 0 Å². The second kappa shape index (κ2) is 7.08. The average Bonchev–Trinajstić information content (AvgIpc) is 3.51. The summed E-state index contributed by atoms with van der Waals surface area (Å²) in [5, 5.41) is 11.8. The van der Waals surface area contributed by atoms with Gasteiger partial charge in [0.05, 0.1) is 16.6 Å². The molecule has 1 amide bonds. The van der Waals surface area contributed by atoms with Crippen LogP contribution in [0, 0.1) is 0 Å². The monoisotopic (exact) mass is 412 g/mol. The van der Waals surface area contributed by atoms with Crippen LogP contribution in [0.1, 0.15) is 20.6 Å². The molecule has 0 saturated carbocycles. The Morgan fingerprint density at radius 3 is 3.00 bits per heavy atom. The molecule has 5 heterocycles. The van der Waals surface area contributed by atoms with Gasteiger partial charge in [0.1, 0.15) is 11.5 Å². The minimum absolute atomic E-state index is 0.000467. The highest BCUT2D eigenvalue weighted by atomic mass is 32.2. The summed E-state index contributed by atoms with van der Waals surface area (Å²) in [6.45, 7) is 0. The van der Waals surface area contributed by atoms with Crippen molar-refractivity contribution in [3.8, 4) is 0 Å². The van der Waals surface area contributed by atoms with Gasteiger partial charge in [0.15, 0.2) is 0 Å². The van der Waals surface area contributed by atoms with Crippen LogP contribution in [0.3, 0.4) is 0 Å². The average molecular weight is 413 g/mol. The van der Waals surface area contributed by atoms with Crippen LogP contribution in [0.4, 0.5) is 0 Å². The Hall–Kier alpha value is -2.62. The SMILES string of the molecule is CNC(=O)c1ccc(C2NNC=C2C2=CN3C(C4NC=CS4)=CNC3C=C2)s1. The lowest BCUT2D eigenvalue weighted by molar-refractivity contribution is 0.0967. The highest BCUT2D eigenvalue weighted by Crippen LogP contribution is 2.37. The van der Waals surface area contributed by atoms with Gasteiger partial charge in [-0.15, -0.1) is 23.1 Å². The van der Waals surface area contributed by atoms with Crippen LogP contribution in [0.2, 0.25) is 0 Å². The van der Waals surface area contributed by atoms with Crippen molar-refractivity contribution in [1.29, 1.82) is 0 Å². The van der Waals surface area contributed by atoms with E-state index in [4.69, 9.17) is 0 Å². The molecule has 0 saturated heterocycles. The molecule has 9 heteroatoms. The largest absolute Gasteiger partial charge is 0.374 e. The number of nitrogens with one attached hydrogen (secondary N) is 5. The van der Waals surface area contributed by atoms with E-state index in [2.05, 4.69) is 61.7 Å². The van der Waals surface area contributed by atoms with E-state index in [0.29, 0.717) is 4.88 Å². The van der Waals surface area contributed by atoms with Gasteiger partial charge in [0.2, 0.25) is 0 Å². The maximum atomic E-state index is 11.9. The lowest BCUT2D eigenvalue weighted by Gasteiger charge is -2.30. The number of hydrogen-bond donors (Lipinski definition) is 5. The molecule has 7 nitrogen and oxygen atoms in total. The van der Waals surface area contributed by atoms with Crippen molar-refractivity contribution in [2.24, 2.45) is 0 Å². The lowest BCUT2D eigenvalue weighted by Crippen LogP contribution is -2.37. The van der Waals surface area contributed by atoms with E-state index in [1.54, 1.807) is 18.8 Å². The van der Waals surface area contributed by atoms with Crippen LogP contribution < -0.4 is 26.8 Å². The zero-order valence-corrected chi connectivity index (χ0v) is 16.7. The van der Waals surface area contributed by atoms with Crippen LogP contribution in [-0.4, -0.2) is 29.4 Å². The number of thioether (sulfide) groups is 1. The fourth-order valence-electron chi connectivity index (χ4n) is 3.59. The first-order valence-corrected chi connectivity index (χ1v) is 10.7. The normalized spacial score (nSPS) is 27.4. The third-order valence-corrected chi connectivity index (χ3v) is 7.09. The summed E-state index contributed by atoms with van der Waals surface area (Å²) in [5.74, 6) is -0.0551. The molecule has 3 atom stereocenters. The molecule has 0 aliphatic carbocycles. The lowest BCUT2D eigenvalue weighted by atomic mass is 9.98. The van der Waals surface area contributed by atoms with Crippen LogP contribution >= 0.6 is 23.1 Å². The van der Waals surface area contributed by atoms with Crippen molar-refractivity contribution in [3.63, 3.8) is 0 Å². The minimum Gasteiger partial charge on any atom is -0.374 e. The molecule has 0 radical (unpaired) electrons. The Bertz CT molecular complexity index is 951. The van der Waals surface area contributed by atoms with Gasteiger partial charge in [-0.25, -0.2) is 5.43 Å². The van der Waals surface area contributed by atoms with E-state index >= 15 is 0 Å². The number of nitrogens with zero attached hydrogens (tertiary/aromatic N) is 1. The third kappa shape index (κ3) is 2.92. The number of carbonyl (C=O) groups excluding carboxylic acids is 1. The Kier molecular flexibility index (Phi) is 4.42. The van der Waals surface area contributed by atoms with Crippen molar-refractivity contribution >= 4 is 29.0 Å². The van der Waals surface area contributed by atoms with Crippen molar-refractivity contribution < 1.29 is 4.79 Å². The van der Waals surface area contributed by atoms with Crippen molar-refractivity contribution in [1.82, 2.24) is 31.7 Å². The Morgan fingerprint density at radius 1 is 1.25 bits per heavy atom. The van der Waals surface area contributed by atoms with Gasteiger partial charge in [0.25, 0.3) is 5.91 Å². The van der Waals surface area contributed by atoms with Crippen molar-refractivity contribution in [2.45, 2.75) is 17.6 Å². The molecule has 1 aromatic heterocycles. The molecule has 0 spiro atoms. The first kappa shape index (κ1) is 17.5. The number of hydrogen-bond acceptors (Lipinski definition) is 8. The number of fused-ring (bicyclic) bond motifs is 1. The summed E-state index contributed by atoms with van der Waals surface area (Å²) in [4.78, 5) is 16.0. The number of thiophene rings is 1. The first-order chi connectivity index (χ1) is 13.7. The first-order valence-electron chi connectivity index (χ1n) is 8.99. The summed E-state index contributed by atoms with van der Waals surface area (Å²) < 4.78 is 0. The smallest absolute Gasteiger partial charge is 0.261 e. The zero-order chi connectivity index (χ0) is 19.1. The molecule has 4 aliphatic rings. The summed E-state index contributed by atoms with van der Waals surface area (Å²) in [6.07, 6.45) is 12.7. The highest BCUT2D eigenvalue weighted by molar-refractivity contribution is 8.03. The maximum absolute atomic E-state index is 11.9. The number of carbonyl (C=O) groups is 1. The topological polar surface area (TPSA) is 80.5 Å². The predicted octanol–water partition coefficient (Wildman–Crippen LogP) is 1.80. The van der Waals surface area contributed by atoms with Crippen molar-refractivity contribution in [2.75, 3.05) is 7.05 Å². The van der Waals surface area contributed by atoms with Crippen LogP contribution in [0.15, 0.2) is 71.3 Å². The number of allylic oxidation sites excluding steroid dienone is 1. The Morgan fingerprint density at radius 2 is 2.18 bits per heavy atom. The van der Waals surface area contributed by atoms with E-state index in [9.17, 15) is 4.79 Å².